The van der Waals surface area contributed by atoms with E-state index in [0.29, 0.717) is 5.56 Å². The first-order chi connectivity index (χ1) is 6.66. The minimum atomic E-state index is -0.890. The lowest BCUT2D eigenvalue weighted by atomic mass is 10.1. The van der Waals surface area contributed by atoms with Gasteiger partial charge in [0.05, 0.1) is 0 Å². The summed E-state index contributed by atoms with van der Waals surface area (Å²) in [7, 11) is 0. The Bertz CT molecular complexity index is 372. The standard InChI is InChI=1S/C9H7FNO3/c10-7-3-1-6(2-4-7)8-5-11(13)9(12)14-8/h1-4,8H,5H2/q+1. The minimum Gasteiger partial charge on any atom is -0.394 e. The van der Waals surface area contributed by atoms with Crippen molar-refractivity contribution in [2.45, 2.75) is 6.10 Å². The number of carbonyl (C=O) groups excluding carboxylic acids is 1. The van der Waals surface area contributed by atoms with Gasteiger partial charge in [0.25, 0.3) is 0 Å². The van der Waals surface area contributed by atoms with Crippen LogP contribution < -0.4 is 0 Å². The predicted molar refractivity (Wildman–Crippen MR) is 44.1 cm³/mol. The van der Waals surface area contributed by atoms with Gasteiger partial charge in [-0.2, -0.15) is 4.79 Å². The molecule has 0 saturated carbocycles. The summed E-state index contributed by atoms with van der Waals surface area (Å²) in [4.78, 5) is 21.5. The average Bonchev–Trinajstić information content (AvgIpc) is 2.48. The van der Waals surface area contributed by atoms with Crippen molar-refractivity contribution in [3.63, 3.8) is 0 Å². The van der Waals surface area contributed by atoms with E-state index >= 15 is 0 Å². The smallest absolute Gasteiger partial charge is 0.394 e. The predicted octanol–water partition coefficient (Wildman–Crippen LogP) is 1.80. The highest BCUT2D eigenvalue weighted by atomic mass is 19.1. The zero-order valence-corrected chi connectivity index (χ0v) is 7.14. The fourth-order valence-electron chi connectivity index (χ4n) is 1.29. The first kappa shape index (κ1) is 8.80. The Morgan fingerprint density at radius 2 is 2.00 bits per heavy atom. The normalized spacial score (nSPS) is 21.1. The molecule has 14 heavy (non-hydrogen) atoms. The Morgan fingerprint density at radius 3 is 2.50 bits per heavy atom. The van der Waals surface area contributed by atoms with E-state index in [1.54, 1.807) is 0 Å². The second-order valence-electron chi connectivity index (χ2n) is 2.99. The molecule has 1 aliphatic rings. The Hall–Kier alpha value is -1.78. The van der Waals surface area contributed by atoms with Crippen LogP contribution in [0.3, 0.4) is 0 Å². The molecule has 1 amide bonds. The lowest BCUT2D eigenvalue weighted by Gasteiger charge is -2.02. The SMILES string of the molecule is O=C1OC(c2ccc(F)cc2)C[N+]1=O. The second-order valence-corrected chi connectivity index (χ2v) is 2.99. The molecule has 1 aromatic rings. The van der Waals surface area contributed by atoms with Crippen LogP contribution in [0.2, 0.25) is 0 Å². The number of amides is 1. The number of hydrogen-bond acceptors (Lipinski definition) is 3. The number of hydrogen-bond donors (Lipinski definition) is 0. The summed E-state index contributed by atoms with van der Waals surface area (Å²) in [5.74, 6) is -0.364. The summed E-state index contributed by atoms with van der Waals surface area (Å²) >= 11 is 0. The number of cyclic esters (lactones) is 1. The van der Waals surface area contributed by atoms with Gasteiger partial charge in [-0.05, 0) is 17.7 Å². The molecule has 1 heterocycles. The van der Waals surface area contributed by atoms with E-state index in [2.05, 4.69) is 0 Å². The summed E-state index contributed by atoms with van der Waals surface area (Å²) in [6, 6.07) is 5.51. The summed E-state index contributed by atoms with van der Waals surface area (Å²) in [6.07, 6.45) is -1.47. The van der Waals surface area contributed by atoms with Crippen molar-refractivity contribution in [3.8, 4) is 0 Å². The largest absolute Gasteiger partial charge is 0.645 e. The van der Waals surface area contributed by atoms with Gasteiger partial charge in [-0.15, -0.1) is 0 Å². The Kier molecular flexibility index (Phi) is 1.99. The zero-order chi connectivity index (χ0) is 10.1. The van der Waals surface area contributed by atoms with Crippen LogP contribution >= 0.6 is 0 Å². The molecule has 1 saturated heterocycles. The van der Waals surface area contributed by atoms with Crippen LogP contribution in [-0.2, 0) is 4.74 Å². The maximum Gasteiger partial charge on any atom is 0.645 e. The van der Waals surface area contributed by atoms with Crippen LogP contribution in [0.15, 0.2) is 24.3 Å². The molecule has 1 unspecified atom stereocenters. The third-order valence-electron chi connectivity index (χ3n) is 2.02. The van der Waals surface area contributed by atoms with Gasteiger partial charge in [0.1, 0.15) is 10.6 Å². The summed E-state index contributed by atoms with van der Waals surface area (Å²) < 4.78 is 17.5. The third-order valence-corrected chi connectivity index (χ3v) is 2.02. The molecular formula is C9H7FNO3+. The van der Waals surface area contributed by atoms with Crippen LogP contribution in [0, 0.1) is 10.7 Å². The van der Waals surface area contributed by atoms with Crippen LogP contribution in [0.5, 0.6) is 0 Å². The van der Waals surface area contributed by atoms with E-state index in [9.17, 15) is 14.1 Å². The highest BCUT2D eigenvalue weighted by Gasteiger charge is 2.41. The van der Waals surface area contributed by atoms with Gasteiger partial charge in [-0.1, -0.05) is 12.1 Å². The maximum atomic E-state index is 12.5. The Balaban J connectivity index is 2.21. The van der Waals surface area contributed by atoms with Gasteiger partial charge in [0.2, 0.25) is 6.54 Å². The molecule has 0 N–H and O–H groups in total. The van der Waals surface area contributed by atoms with E-state index in [0.717, 1.165) is 0 Å². The molecule has 0 spiro atoms. The Labute approximate surface area is 78.9 Å². The van der Waals surface area contributed by atoms with Gasteiger partial charge in [-0.25, -0.2) is 4.39 Å². The number of ether oxygens (including phenoxy) is 1. The number of benzene rings is 1. The third kappa shape index (κ3) is 1.48. The molecule has 2 rings (SSSR count). The van der Waals surface area contributed by atoms with Crippen LogP contribution in [0.25, 0.3) is 0 Å². The van der Waals surface area contributed by atoms with E-state index in [-0.39, 0.29) is 17.1 Å². The van der Waals surface area contributed by atoms with Crippen LogP contribution in [0.1, 0.15) is 11.7 Å². The maximum absolute atomic E-state index is 12.5. The van der Waals surface area contributed by atoms with E-state index in [1.807, 2.05) is 0 Å². The molecule has 4 nitrogen and oxygen atoms in total. The molecule has 1 atom stereocenters. The van der Waals surface area contributed by atoms with Gasteiger partial charge in [0, 0.05) is 4.91 Å². The Morgan fingerprint density at radius 1 is 1.36 bits per heavy atom. The molecule has 0 aliphatic carbocycles. The van der Waals surface area contributed by atoms with Crippen molar-refractivity contribution < 1.29 is 18.7 Å². The van der Waals surface area contributed by atoms with Crippen molar-refractivity contribution in [2.75, 3.05) is 6.54 Å². The van der Waals surface area contributed by atoms with Crippen LogP contribution in [-0.4, -0.2) is 17.4 Å². The van der Waals surface area contributed by atoms with Crippen molar-refractivity contribution in [1.82, 2.24) is 0 Å². The van der Waals surface area contributed by atoms with Crippen molar-refractivity contribution >= 4 is 6.09 Å². The number of nitrogens with zero attached hydrogens (tertiary/aromatic N) is 1. The van der Waals surface area contributed by atoms with Crippen LogP contribution in [0.4, 0.5) is 9.18 Å². The number of nitroso groups, excluding NO2 is 1. The molecule has 1 aliphatic heterocycles. The molecule has 5 heteroatoms. The second kappa shape index (κ2) is 3.17. The highest BCUT2D eigenvalue weighted by molar-refractivity contribution is 5.59. The molecule has 72 valence electrons. The topological polar surface area (TPSA) is 46.4 Å². The van der Waals surface area contributed by atoms with E-state index in [1.165, 1.54) is 24.3 Å². The van der Waals surface area contributed by atoms with Crippen molar-refractivity contribution in [3.05, 3.63) is 40.6 Å². The first-order valence-electron chi connectivity index (χ1n) is 4.07. The van der Waals surface area contributed by atoms with Gasteiger partial charge in [0.15, 0.2) is 6.10 Å². The zero-order valence-electron chi connectivity index (χ0n) is 7.14. The number of halogens is 1. The highest BCUT2D eigenvalue weighted by Crippen LogP contribution is 2.23. The average molecular weight is 196 g/mol. The molecular weight excluding hydrogens is 189 g/mol. The van der Waals surface area contributed by atoms with Gasteiger partial charge in [-0.3, -0.25) is 0 Å². The first-order valence-corrected chi connectivity index (χ1v) is 4.07. The minimum absolute atomic E-state index is 0.0372. The molecule has 0 aromatic heterocycles. The fourth-order valence-corrected chi connectivity index (χ4v) is 1.29. The molecule has 1 aromatic carbocycles. The number of rotatable bonds is 1. The van der Waals surface area contributed by atoms with Gasteiger partial charge >= 0.3 is 6.09 Å². The van der Waals surface area contributed by atoms with Gasteiger partial charge < -0.3 is 4.74 Å². The number of carbonyl (C=O) groups is 1. The lowest BCUT2D eigenvalue weighted by Crippen LogP contribution is -2.06. The monoisotopic (exact) mass is 196 g/mol. The summed E-state index contributed by atoms with van der Waals surface area (Å²) in [5, 5.41) is 0. The fraction of sp³-hybridized carbons (Fsp3) is 0.222. The van der Waals surface area contributed by atoms with E-state index < -0.39 is 12.2 Å². The van der Waals surface area contributed by atoms with Crippen molar-refractivity contribution in [2.24, 2.45) is 0 Å². The molecule has 0 bridgehead atoms. The summed E-state index contributed by atoms with van der Waals surface area (Å²) in [6.45, 7) is -0.0372. The quantitative estimate of drug-likeness (QED) is 0.643. The molecule has 0 radical (unpaired) electrons. The van der Waals surface area contributed by atoms with Crippen molar-refractivity contribution in [1.29, 1.82) is 0 Å². The molecule has 1 fully saturated rings. The lowest BCUT2D eigenvalue weighted by molar-refractivity contribution is -0.437. The van der Waals surface area contributed by atoms with E-state index in [4.69, 9.17) is 4.74 Å². The summed E-state index contributed by atoms with van der Waals surface area (Å²) in [5.41, 5.74) is 0.623.